The van der Waals surface area contributed by atoms with Crippen LogP contribution in [-0.4, -0.2) is 76.5 Å². The van der Waals surface area contributed by atoms with Gasteiger partial charge >= 0.3 is 6.09 Å². The molecule has 2 rings (SSSR count). The average Bonchev–Trinajstić information content (AvgIpc) is 3.27. The van der Waals surface area contributed by atoms with Crippen LogP contribution in [0, 0.1) is 0 Å². The van der Waals surface area contributed by atoms with Crippen LogP contribution in [0.15, 0.2) is 17.4 Å². The second kappa shape index (κ2) is 10.5. The lowest BCUT2D eigenvalue weighted by Gasteiger charge is -2.27. The molecule has 1 N–H and O–H groups in total. The van der Waals surface area contributed by atoms with Crippen molar-refractivity contribution in [3.05, 3.63) is 18.0 Å². The third kappa shape index (κ3) is 7.25. The normalized spacial score (nSPS) is 17.5. The van der Waals surface area contributed by atoms with Crippen LogP contribution in [0.25, 0.3) is 0 Å². The van der Waals surface area contributed by atoms with Crippen LogP contribution in [0.2, 0.25) is 0 Å². The molecule has 1 unspecified atom stereocenters. The zero-order chi connectivity index (χ0) is 21.4. The van der Waals surface area contributed by atoms with Crippen molar-refractivity contribution >= 4 is 12.1 Å². The third-order valence-electron chi connectivity index (χ3n) is 4.80. The number of carbonyl (C=O) groups excluding carboxylic acids is 1. The van der Waals surface area contributed by atoms with Gasteiger partial charge in [-0.15, -0.1) is 0 Å². The summed E-state index contributed by atoms with van der Waals surface area (Å²) in [5.74, 6) is 1.39. The van der Waals surface area contributed by atoms with E-state index in [0.717, 1.165) is 38.4 Å². The number of carbonyl (C=O) groups is 1. The van der Waals surface area contributed by atoms with E-state index in [1.807, 2.05) is 38.7 Å². The van der Waals surface area contributed by atoms with Crippen molar-refractivity contribution in [1.29, 1.82) is 0 Å². The van der Waals surface area contributed by atoms with Gasteiger partial charge in [0.25, 0.3) is 0 Å². The van der Waals surface area contributed by atoms with Gasteiger partial charge in [-0.2, -0.15) is 5.10 Å². The molecule has 1 fully saturated rings. The fourth-order valence-corrected chi connectivity index (χ4v) is 3.47. The monoisotopic (exact) mass is 406 g/mol. The van der Waals surface area contributed by atoms with Crippen LogP contribution in [0.4, 0.5) is 4.79 Å². The molecule has 1 atom stereocenters. The Morgan fingerprint density at radius 2 is 2.14 bits per heavy atom. The Kier molecular flexibility index (Phi) is 8.34. The van der Waals surface area contributed by atoms with E-state index in [2.05, 4.69) is 35.4 Å². The molecule has 0 bridgehead atoms. The highest BCUT2D eigenvalue weighted by Crippen LogP contribution is 2.26. The smallest absolute Gasteiger partial charge is 0.410 e. The van der Waals surface area contributed by atoms with Crippen molar-refractivity contribution in [1.82, 2.24) is 24.9 Å². The van der Waals surface area contributed by atoms with Crippen molar-refractivity contribution in [2.45, 2.75) is 59.0 Å². The molecule has 8 heteroatoms. The summed E-state index contributed by atoms with van der Waals surface area (Å²) in [5.41, 5.74) is 0.794. The molecular formula is C21H38N6O2. The number of guanidine groups is 1. The lowest BCUT2D eigenvalue weighted by atomic mass is 10.0. The summed E-state index contributed by atoms with van der Waals surface area (Å²) in [6.45, 7) is 14.3. The lowest BCUT2D eigenvalue weighted by Crippen LogP contribution is -2.41. The first-order valence-corrected chi connectivity index (χ1v) is 10.7. The van der Waals surface area contributed by atoms with E-state index in [0.29, 0.717) is 25.6 Å². The van der Waals surface area contributed by atoms with Crippen LogP contribution in [0.5, 0.6) is 0 Å². The van der Waals surface area contributed by atoms with Gasteiger partial charge in [-0.05, 0) is 46.1 Å². The first-order valence-electron chi connectivity index (χ1n) is 10.7. The predicted octanol–water partition coefficient (Wildman–Crippen LogP) is 2.82. The molecule has 2 heterocycles. The van der Waals surface area contributed by atoms with Gasteiger partial charge in [0.05, 0.1) is 12.7 Å². The molecule has 0 saturated carbocycles. The minimum atomic E-state index is -0.488. The van der Waals surface area contributed by atoms with Gasteiger partial charge in [0, 0.05) is 51.9 Å². The number of amides is 1. The lowest BCUT2D eigenvalue weighted by molar-refractivity contribution is 0.0256. The van der Waals surface area contributed by atoms with Crippen molar-refractivity contribution in [3.8, 4) is 0 Å². The van der Waals surface area contributed by atoms with Crippen molar-refractivity contribution in [2.24, 2.45) is 12.0 Å². The number of hydrogen-bond acceptors (Lipinski definition) is 4. The Morgan fingerprint density at radius 1 is 1.38 bits per heavy atom. The molecular weight excluding hydrogens is 368 g/mol. The molecule has 0 aromatic carbocycles. The van der Waals surface area contributed by atoms with Crippen molar-refractivity contribution in [3.63, 3.8) is 0 Å². The van der Waals surface area contributed by atoms with Crippen LogP contribution < -0.4 is 5.32 Å². The maximum Gasteiger partial charge on any atom is 0.410 e. The van der Waals surface area contributed by atoms with Gasteiger partial charge in [0.2, 0.25) is 0 Å². The standard InChI is InChI=1S/C21H38N6O2/c1-7-11-26(20(28)29-21(3,4)5)13-10-23-19(22-8-2)27-12-9-17(16-27)18-14-24-25(6)15-18/h14-15,17H,7-13,16H2,1-6H3,(H,22,23). The minimum absolute atomic E-state index is 0.266. The Hall–Kier alpha value is -2.25. The van der Waals surface area contributed by atoms with Gasteiger partial charge in [-0.3, -0.25) is 9.67 Å². The average molecular weight is 407 g/mol. The first-order chi connectivity index (χ1) is 13.7. The highest BCUT2D eigenvalue weighted by atomic mass is 16.6. The largest absolute Gasteiger partial charge is 0.444 e. The molecule has 1 aliphatic heterocycles. The molecule has 8 nitrogen and oxygen atoms in total. The van der Waals surface area contributed by atoms with Crippen molar-refractivity contribution in [2.75, 3.05) is 39.3 Å². The highest BCUT2D eigenvalue weighted by Gasteiger charge is 2.27. The van der Waals surface area contributed by atoms with E-state index in [4.69, 9.17) is 9.73 Å². The van der Waals surface area contributed by atoms with E-state index in [1.54, 1.807) is 4.90 Å². The van der Waals surface area contributed by atoms with Crippen LogP contribution >= 0.6 is 0 Å². The Balaban J connectivity index is 1.96. The second-order valence-corrected chi connectivity index (χ2v) is 8.58. The molecule has 1 aliphatic rings. The fraction of sp³-hybridized carbons (Fsp3) is 0.762. The molecule has 1 saturated heterocycles. The molecule has 1 aromatic rings. The first kappa shape index (κ1) is 23.0. The molecule has 0 radical (unpaired) electrons. The molecule has 0 spiro atoms. The van der Waals surface area contributed by atoms with Gasteiger partial charge in [-0.25, -0.2) is 4.79 Å². The summed E-state index contributed by atoms with van der Waals surface area (Å²) in [7, 11) is 1.95. The minimum Gasteiger partial charge on any atom is -0.444 e. The van der Waals surface area contributed by atoms with Crippen molar-refractivity contribution < 1.29 is 9.53 Å². The van der Waals surface area contributed by atoms with Crippen LogP contribution in [0.3, 0.4) is 0 Å². The summed E-state index contributed by atoms with van der Waals surface area (Å²) < 4.78 is 7.38. The number of aromatic nitrogens is 2. The maximum atomic E-state index is 12.4. The van der Waals surface area contributed by atoms with E-state index in [9.17, 15) is 4.79 Å². The number of aryl methyl sites for hydroxylation is 1. The number of nitrogens with one attached hydrogen (secondary N) is 1. The molecule has 0 aliphatic carbocycles. The van der Waals surface area contributed by atoms with E-state index >= 15 is 0 Å². The molecule has 1 amide bonds. The van der Waals surface area contributed by atoms with Crippen LogP contribution in [0.1, 0.15) is 58.9 Å². The van der Waals surface area contributed by atoms with Gasteiger partial charge in [0.15, 0.2) is 5.96 Å². The number of hydrogen-bond donors (Lipinski definition) is 1. The summed E-state index contributed by atoms with van der Waals surface area (Å²) >= 11 is 0. The Labute approximate surface area is 175 Å². The summed E-state index contributed by atoms with van der Waals surface area (Å²) in [6, 6.07) is 0. The summed E-state index contributed by atoms with van der Waals surface area (Å²) in [6.07, 6.45) is 5.78. The number of rotatable bonds is 7. The van der Waals surface area contributed by atoms with E-state index in [1.165, 1.54) is 5.56 Å². The highest BCUT2D eigenvalue weighted by molar-refractivity contribution is 5.80. The van der Waals surface area contributed by atoms with Gasteiger partial charge in [0.1, 0.15) is 5.60 Å². The predicted molar refractivity (Wildman–Crippen MR) is 116 cm³/mol. The number of ether oxygens (including phenoxy) is 1. The van der Waals surface area contributed by atoms with E-state index < -0.39 is 5.60 Å². The summed E-state index contributed by atoms with van der Waals surface area (Å²) in [4.78, 5) is 21.3. The van der Waals surface area contributed by atoms with Gasteiger partial charge in [-0.1, -0.05) is 6.92 Å². The van der Waals surface area contributed by atoms with Crippen LogP contribution in [-0.2, 0) is 11.8 Å². The Morgan fingerprint density at radius 3 is 2.72 bits per heavy atom. The number of likely N-dealkylation sites (tertiary alicyclic amines) is 1. The zero-order valence-corrected chi connectivity index (χ0v) is 18.9. The van der Waals surface area contributed by atoms with Gasteiger partial charge < -0.3 is 19.9 Å². The Bertz CT molecular complexity index is 679. The third-order valence-corrected chi connectivity index (χ3v) is 4.80. The maximum absolute atomic E-state index is 12.4. The summed E-state index contributed by atoms with van der Waals surface area (Å²) in [5, 5.41) is 7.69. The molecule has 164 valence electrons. The van der Waals surface area contributed by atoms with E-state index in [-0.39, 0.29) is 6.09 Å². The quantitative estimate of drug-likeness (QED) is 0.557. The SMILES string of the molecule is CCCN(CCN=C(NCC)N1CCC(c2cnn(C)c2)C1)C(=O)OC(C)(C)C. The zero-order valence-electron chi connectivity index (χ0n) is 18.9. The molecule has 29 heavy (non-hydrogen) atoms. The fourth-order valence-electron chi connectivity index (χ4n) is 3.47. The topological polar surface area (TPSA) is 75.0 Å². The number of aliphatic imine (C=N–C) groups is 1. The number of nitrogens with zero attached hydrogens (tertiary/aromatic N) is 5. The second-order valence-electron chi connectivity index (χ2n) is 8.58. The molecule has 1 aromatic heterocycles.